The van der Waals surface area contributed by atoms with E-state index in [2.05, 4.69) is 21.7 Å². The van der Waals surface area contributed by atoms with Crippen molar-refractivity contribution in [3.8, 4) is 5.69 Å². The summed E-state index contributed by atoms with van der Waals surface area (Å²) in [5.74, 6) is -1.09. The number of hydrogen-bond acceptors (Lipinski definition) is 4. The molecule has 0 saturated carbocycles. The van der Waals surface area contributed by atoms with Gasteiger partial charge in [0.25, 0.3) is 0 Å². The number of carboxylic acid groups (broad SMARTS) is 1. The normalized spacial score (nSPS) is 16.6. The highest BCUT2D eigenvalue weighted by atomic mass is 32.1. The van der Waals surface area contributed by atoms with Crippen LogP contribution in [0.5, 0.6) is 0 Å². The van der Waals surface area contributed by atoms with E-state index >= 15 is 0 Å². The smallest absolute Gasteiger partial charge is 0.337 e. The number of para-hydroxylation sites is 1. The molecule has 0 bridgehead atoms. The first kappa shape index (κ1) is 27.1. The van der Waals surface area contributed by atoms with Gasteiger partial charge < -0.3 is 25.2 Å². The Morgan fingerprint density at radius 2 is 1.75 bits per heavy atom. The Morgan fingerprint density at radius 1 is 1.02 bits per heavy atom. The van der Waals surface area contributed by atoms with Gasteiger partial charge in [0, 0.05) is 36.2 Å². The highest BCUT2D eigenvalue weighted by Crippen LogP contribution is 2.41. The quantitative estimate of drug-likeness (QED) is 0.248. The van der Waals surface area contributed by atoms with E-state index in [-0.39, 0.29) is 30.0 Å². The number of carbonyl (C=O) groups is 2. The van der Waals surface area contributed by atoms with Crippen LogP contribution in [0.2, 0.25) is 0 Å². The second-order valence-electron chi connectivity index (χ2n) is 9.97. The van der Waals surface area contributed by atoms with E-state index in [4.69, 9.17) is 12.2 Å². The second-order valence-corrected chi connectivity index (χ2v) is 10.4. The fourth-order valence-corrected chi connectivity index (χ4v) is 5.71. The van der Waals surface area contributed by atoms with Crippen LogP contribution in [0.3, 0.4) is 0 Å². The van der Waals surface area contributed by atoms with Crippen LogP contribution in [-0.4, -0.2) is 43.1 Å². The highest BCUT2D eigenvalue weighted by molar-refractivity contribution is 7.80. The Balaban J connectivity index is 1.50. The molecule has 5 rings (SSSR count). The first-order valence-corrected chi connectivity index (χ1v) is 13.5. The van der Waals surface area contributed by atoms with Gasteiger partial charge in [0.1, 0.15) is 0 Å². The lowest BCUT2D eigenvalue weighted by molar-refractivity contribution is -0.116. The Hall–Kier alpha value is -4.50. The average Bonchev–Trinajstić information content (AvgIpc) is 3.43. The lowest BCUT2D eigenvalue weighted by Gasteiger charge is -2.28. The van der Waals surface area contributed by atoms with Crippen molar-refractivity contribution >= 4 is 34.9 Å². The number of hydrogen-bond donors (Lipinski definition) is 3. The summed E-state index contributed by atoms with van der Waals surface area (Å²) < 4.78 is 1.97. The van der Waals surface area contributed by atoms with Crippen LogP contribution in [0.15, 0.2) is 79.0 Å². The lowest BCUT2D eigenvalue weighted by atomic mass is 9.96. The van der Waals surface area contributed by atoms with Crippen molar-refractivity contribution in [1.82, 2.24) is 19.8 Å². The highest BCUT2D eigenvalue weighted by Gasteiger charge is 2.41. The predicted octanol–water partition coefficient (Wildman–Crippen LogP) is 5.50. The topological polar surface area (TPSA) is 99.5 Å². The molecule has 0 aliphatic carbocycles. The van der Waals surface area contributed by atoms with E-state index < -0.39 is 5.97 Å². The zero-order valence-electron chi connectivity index (χ0n) is 22.6. The molecule has 4 aromatic rings. The van der Waals surface area contributed by atoms with Gasteiger partial charge in [-0.3, -0.25) is 9.78 Å². The monoisotopic (exact) mass is 553 g/mol. The average molecular weight is 554 g/mol. The number of aryl methyl sites for hydroxylation is 2. The second kappa shape index (κ2) is 11.3. The van der Waals surface area contributed by atoms with Crippen molar-refractivity contribution in [2.45, 2.75) is 39.3 Å². The van der Waals surface area contributed by atoms with Crippen molar-refractivity contribution in [3.63, 3.8) is 0 Å². The van der Waals surface area contributed by atoms with Crippen LogP contribution in [0, 0.1) is 20.8 Å². The number of thiocarbonyl (C=S) groups is 1. The summed E-state index contributed by atoms with van der Waals surface area (Å²) in [5.41, 5.74) is 6.31. The Morgan fingerprint density at radius 3 is 2.45 bits per heavy atom. The van der Waals surface area contributed by atoms with Gasteiger partial charge >= 0.3 is 5.97 Å². The number of rotatable bonds is 8. The number of aromatic carboxylic acids is 1. The molecule has 1 saturated heterocycles. The summed E-state index contributed by atoms with van der Waals surface area (Å²) in [6.07, 6.45) is 1.99. The van der Waals surface area contributed by atoms with E-state index in [0.29, 0.717) is 17.3 Å². The number of aromatic nitrogens is 2. The molecule has 2 atom stereocenters. The Labute approximate surface area is 238 Å². The number of nitrogens with zero attached hydrogens (tertiary/aromatic N) is 3. The third-order valence-electron chi connectivity index (χ3n) is 7.28. The molecule has 2 aromatic carbocycles. The van der Waals surface area contributed by atoms with Crippen LogP contribution >= 0.6 is 12.2 Å². The molecule has 0 unspecified atom stereocenters. The maximum absolute atomic E-state index is 12.9. The summed E-state index contributed by atoms with van der Waals surface area (Å²) in [6, 6.07) is 22.0. The fraction of sp³-hybridized carbons (Fsp3) is 0.226. The maximum atomic E-state index is 12.9. The molecule has 204 valence electrons. The van der Waals surface area contributed by atoms with Crippen LogP contribution in [0.1, 0.15) is 57.1 Å². The van der Waals surface area contributed by atoms with Crippen molar-refractivity contribution in [1.29, 1.82) is 0 Å². The Bertz CT molecular complexity index is 1570. The molecule has 1 aliphatic heterocycles. The van der Waals surface area contributed by atoms with Crippen molar-refractivity contribution < 1.29 is 14.7 Å². The molecule has 1 amide bonds. The molecule has 2 aromatic heterocycles. The van der Waals surface area contributed by atoms with Crippen molar-refractivity contribution in [2.75, 3.05) is 11.9 Å². The zero-order chi connectivity index (χ0) is 28.4. The molecular formula is C31H31N5O3S. The first-order valence-electron chi connectivity index (χ1n) is 13.1. The number of benzene rings is 2. The maximum Gasteiger partial charge on any atom is 0.337 e. The first-order chi connectivity index (χ1) is 19.2. The third-order valence-corrected chi connectivity index (χ3v) is 7.63. The zero-order valence-corrected chi connectivity index (χ0v) is 23.4. The van der Waals surface area contributed by atoms with Gasteiger partial charge in [-0.05, 0) is 81.0 Å². The minimum absolute atomic E-state index is 0.104. The standard InChI is InChI=1S/C31H31N5O3S/c1-19-11-13-22(14-12-19)33-27(37)15-17-35-29(28(34-31(35)40)25-9-6-7-16-32-25)24-18-20(2)36(21(24)3)26-10-5-4-8-23(26)30(38)39/h4-14,16,18,28-29H,15,17H2,1-3H3,(H,33,37)(H,34,40)(H,38,39)/t28-,29+/m0/s1. The van der Waals surface area contributed by atoms with Gasteiger partial charge in [-0.15, -0.1) is 0 Å². The number of pyridine rings is 1. The number of amides is 1. The van der Waals surface area contributed by atoms with Gasteiger partial charge in [0.05, 0.1) is 29.0 Å². The summed E-state index contributed by atoms with van der Waals surface area (Å²) in [4.78, 5) is 31.6. The van der Waals surface area contributed by atoms with Crippen molar-refractivity contribution in [3.05, 3.63) is 113 Å². The van der Waals surface area contributed by atoms with E-state index in [9.17, 15) is 14.7 Å². The molecule has 1 aliphatic rings. The lowest BCUT2D eigenvalue weighted by Crippen LogP contribution is -2.32. The molecule has 40 heavy (non-hydrogen) atoms. The van der Waals surface area contributed by atoms with Gasteiger partial charge in [-0.25, -0.2) is 4.79 Å². The number of anilines is 1. The van der Waals surface area contributed by atoms with Crippen LogP contribution < -0.4 is 10.6 Å². The minimum atomic E-state index is -0.985. The van der Waals surface area contributed by atoms with E-state index in [1.165, 1.54) is 0 Å². The molecule has 3 heterocycles. The molecule has 9 heteroatoms. The SMILES string of the molecule is Cc1ccc(NC(=O)CCN2C(=S)N[C@@H](c3ccccn3)[C@H]2c2cc(C)n(-c3ccccc3C(=O)O)c2C)cc1. The van der Waals surface area contributed by atoms with Gasteiger partial charge in [-0.1, -0.05) is 35.9 Å². The van der Waals surface area contributed by atoms with Crippen LogP contribution in [0.4, 0.5) is 5.69 Å². The summed E-state index contributed by atoms with van der Waals surface area (Å²) in [6.45, 7) is 6.35. The summed E-state index contributed by atoms with van der Waals surface area (Å²) >= 11 is 5.79. The molecular weight excluding hydrogens is 522 g/mol. The molecule has 3 N–H and O–H groups in total. The van der Waals surface area contributed by atoms with Gasteiger partial charge in [0.2, 0.25) is 5.91 Å². The van der Waals surface area contributed by atoms with E-state index in [0.717, 1.165) is 33.9 Å². The summed E-state index contributed by atoms with van der Waals surface area (Å²) in [5, 5.41) is 16.8. The molecule has 8 nitrogen and oxygen atoms in total. The number of nitrogens with one attached hydrogen (secondary N) is 2. The van der Waals surface area contributed by atoms with E-state index in [1.54, 1.807) is 18.3 Å². The number of carbonyl (C=O) groups excluding carboxylic acids is 1. The van der Waals surface area contributed by atoms with Crippen molar-refractivity contribution in [2.24, 2.45) is 0 Å². The number of carboxylic acids is 1. The summed E-state index contributed by atoms with van der Waals surface area (Å²) in [7, 11) is 0. The third kappa shape index (κ3) is 5.33. The van der Waals surface area contributed by atoms with Gasteiger partial charge in [-0.2, -0.15) is 0 Å². The largest absolute Gasteiger partial charge is 0.478 e. The molecule has 1 fully saturated rings. The predicted molar refractivity (Wildman–Crippen MR) is 159 cm³/mol. The fourth-order valence-electron chi connectivity index (χ4n) is 5.37. The Kier molecular flexibility index (Phi) is 7.66. The van der Waals surface area contributed by atoms with Crippen LogP contribution in [-0.2, 0) is 4.79 Å². The van der Waals surface area contributed by atoms with Crippen LogP contribution in [0.25, 0.3) is 5.69 Å². The van der Waals surface area contributed by atoms with E-state index in [1.807, 2.05) is 84.8 Å². The molecule has 0 spiro atoms. The van der Waals surface area contributed by atoms with Gasteiger partial charge in [0.15, 0.2) is 5.11 Å². The minimum Gasteiger partial charge on any atom is -0.478 e. The molecule has 0 radical (unpaired) electrons.